The summed E-state index contributed by atoms with van der Waals surface area (Å²) in [5.74, 6) is 0.735. The Balaban J connectivity index is 2.13. The highest BCUT2D eigenvalue weighted by atomic mass is 35.5. The predicted octanol–water partition coefficient (Wildman–Crippen LogP) is 6.77. The second-order valence-corrected chi connectivity index (χ2v) is 6.96. The van der Waals surface area contributed by atoms with Crippen LogP contribution >= 0.6 is 23.2 Å². The van der Waals surface area contributed by atoms with E-state index < -0.39 is 0 Å². The monoisotopic (exact) mass is 370 g/mol. The van der Waals surface area contributed by atoms with Gasteiger partial charge in [-0.3, -0.25) is 0 Å². The van der Waals surface area contributed by atoms with Gasteiger partial charge in [-0.15, -0.1) is 0 Å². The minimum atomic E-state index is 0.708. The summed E-state index contributed by atoms with van der Waals surface area (Å²) in [6.07, 6.45) is 3.19. The van der Waals surface area contributed by atoms with Gasteiger partial charge in [0.05, 0.1) is 5.69 Å². The Labute approximate surface area is 158 Å². The Bertz CT molecular complexity index is 856. The summed E-state index contributed by atoms with van der Waals surface area (Å²) in [6.45, 7) is 4.29. The van der Waals surface area contributed by atoms with Crippen LogP contribution in [0.5, 0.6) is 0 Å². The first-order valence-electron chi connectivity index (χ1n) is 8.48. The van der Waals surface area contributed by atoms with Gasteiger partial charge in [0, 0.05) is 26.9 Å². The lowest BCUT2D eigenvalue weighted by molar-refractivity contribution is 0.769. The molecule has 0 amide bonds. The van der Waals surface area contributed by atoms with E-state index in [2.05, 4.69) is 13.8 Å². The Kier molecular flexibility index (Phi) is 5.72. The van der Waals surface area contributed by atoms with E-state index >= 15 is 0 Å². The largest absolute Gasteiger partial charge is 0.233 e. The first kappa shape index (κ1) is 17.9. The smallest absolute Gasteiger partial charge is 0.160 e. The number of hydrogen-bond acceptors (Lipinski definition) is 2. The van der Waals surface area contributed by atoms with Crippen LogP contribution < -0.4 is 0 Å². The van der Waals surface area contributed by atoms with E-state index in [-0.39, 0.29) is 0 Å². The maximum absolute atomic E-state index is 6.04. The normalized spacial score (nSPS) is 10.9. The topological polar surface area (TPSA) is 25.8 Å². The van der Waals surface area contributed by atoms with Crippen molar-refractivity contribution >= 4 is 23.2 Å². The van der Waals surface area contributed by atoms with Crippen molar-refractivity contribution < 1.29 is 0 Å². The van der Waals surface area contributed by atoms with Crippen LogP contribution in [-0.2, 0) is 6.42 Å². The van der Waals surface area contributed by atoms with Gasteiger partial charge in [-0.25, -0.2) is 9.97 Å². The zero-order valence-electron chi connectivity index (χ0n) is 14.4. The molecule has 1 aromatic heterocycles. The second-order valence-electron chi connectivity index (χ2n) is 6.08. The molecule has 1 heterocycles. The standard InChI is InChI=1S/C21H20Cl2N2/c1-3-4-5-19-14(2)20(15-6-10-17(22)11-7-15)25-21(24-19)16-8-12-18(23)13-9-16/h6-13H,3-5H2,1-2H3. The molecule has 0 saturated heterocycles. The summed E-state index contributed by atoms with van der Waals surface area (Å²) in [5, 5.41) is 1.43. The summed E-state index contributed by atoms with van der Waals surface area (Å²) >= 11 is 12.0. The van der Waals surface area contributed by atoms with Crippen molar-refractivity contribution in [3.05, 3.63) is 69.8 Å². The highest BCUT2D eigenvalue weighted by molar-refractivity contribution is 6.30. The Morgan fingerprint density at radius 3 is 1.92 bits per heavy atom. The Morgan fingerprint density at radius 2 is 1.36 bits per heavy atom. The van der Waals surface area contributed by atoms with Gasteiger partial charge >= 0.3 is 0 Å². The number of aryl methyl sites for hydroxylation is 1. The van der Waals surface area contributed by atoms with Crippen LogP contribution in [-0.4, -0.2) is 9.97 Å². The van der Waals surface area contributed by atoms with E-state index in [1.54, 1.807) is 0 Å². The molecular weight excluding hydrogens is 351 g/mol. The van der Waals surface area contributed by atoms with Gasteiger partial charge in [-0.2, -0.15) is 0 Å². The molecule has 0 aliphatic rings. The fraction of sp³-hybridized carbons (Fsp3) is 0.238. The predicted molar refractivity (Wildman–Crippen MR) is 106 cm³/mol. The number of unbranched alkanes of at least 4 members (excludes halogenated alkanes) is 1. The van der Waals surface area contributed by atoms with Gasteiger partial charge in [-0.05, 0) is 61.7 Å². The summed E-state index contributed by atoms with van der Waals surface area (Å²) in [5.41, 5.74) is 5.22. The highest BCUT2D eigenvalue weighted by Crippen LogP contribution is 2.28. The van der Waals surface area contributed by atoms with Crippen molar-refractivity contribution in [3.8, 4) is 22.6 Å². The number of benzene rings is 2. The number of aromatic nitrogens is 2. The van der Waals surface area contributed by atoms with Gasteiger partial charge in [0.15, 0.2) is 5.82 Å². The molecule has 2 nitrogen and oxygen atoms in total. The molecule has 4 heteroatoms. The fourth-order valence-corrected chi connectivity index (χ4v) is 3.02. The average Bonchev–Trinajstić information content (AvgIpc) is 2.62. The molecule has 0 aliphatic carbocycles. The summed E-state index contributed by atoms with van der Waals surface area (Å²) in [6, 6.07) is 15.5. The molecule has 0 N–H and O–H groups in total. The number of nitrogens with zero attached hydrogens (tertiary/aromatic N) is 2. The molecule has 0 atom stereocenters. The molecule has 3 aromatic rings. The number of rotatable bonds is 5. The van der Waals surface area contributed by atoms with Crippen molar-refractivity contribution in [2.75, 3.05) is 0 Å². The van der Waals surface area contributed by atoms with E-state index in [4.69, 9.17) is 33.2 Å². The molecule has 0 fully saturated rings. The SMILES string of the molecule is CCCCc1nc(-c2ccc(Cl)cc2)nc(-c2ccc(Cl)cc2)c1C. The van der Waals surface area contributed by atoms with E-state index in [0.29, 0.717) is 5.02 Å². The first-order valence-corrected chi connectivity index (χ1v) is 9.23. The van der Waals surface area contributed by atoms with Gasteiger partial charge in [0.25, 0.3) is 0 Å². The highest BCUT2D eigenvalue weighted by Gasteiger charge is 2.13. The number of hydrogen-bond donors (Lipinski definition) is 0. The lowest BCUT2D eigenvalue weighted by atomic mass is 10.0. The van der Waals surface area contributed by atoms with Crippen LogP contribution in [0, 0.1) is 6.92 Å². The first-order chi connectivity index (χ1) is 12.1. The molecule has 0 unspecified atom stereocenters. The van der Waals surface area contributed by atoms with Crippen LogP contribution in [0.15, 0.2) is 48.5 Å². The van der Waals surface area contributed by atoms with Crippen molar-refractivity contribution in [1.82, 2.24) is 9.97 Å². The third-order valence-corrected chi connectivity index (χ3v) is 4.74. The van der Waals surface area contributed by atoms with Gasteiger partial charge in [-0.1, -0.05) is 48.7 Å². The quantitative estimate of drug-likeness (QED) is 0.495. The maximum Gasteiger partial charge on any atom is 0.160 e. The Morgan fingerprint density at radius 1 is 0.800 bits per heavy atom. The summed E-state index contributed by atoms with van der Waals surface area (Å²) in [4.78, 5) is 9.68. The lowest BCUT2D eigenvalue weighted by Crippen LogP contribution is -2.03. The van der Waals surface area contributed by atoms with E-state index in [1.807, 2.05) is 48.5 Å². The Hall–Kier alpha value is -1.90. The van der Waals surface area contributed by atoms with E-state index in [0.717, 1.165) is 58.2 Å². The fourth-order valence-electron chi connectivity index (χ4n) is 2.77. The molecule has 0 saturated carbocycles. The zero-order chi connectivity index (χ0) is 17.8. The maximum atomic E-state index is 6.04. The number of halogens is 2. The van der Waals surface area contributed by atoms with Crippen molar-refractivity contribution in [1.29, 1.82) is 0 Å². The van der Waals surface area contributed by atoms with Crippen molar-refractivity contribution in [2.45, 2.75) is 33.1 Å². The second kappa shape index (κ2) is 7.99. The molecule has 25 heavy (non-hydrogen) atoms. The zero-order valence-corrected chi connectivity index (χ0v) is 15.9. The molecule has 0 spiro atoms. The molecule has 128 valence electrons. The van der Waals surface area contributed by atoms with Crippen LogP contribution in [0.1, 0.15) is 31.0 Å². The van der Waals surface area contributed by atoms with Crippen LogP contribution in [0.3, 0.4) is 0 Å². The average molecular weight is 371 g/mol. The van der Waals surface area contributed by atoms with Crippen LogP contribution in [0.2, 0.25) is 10.0 Å². The molecule has 2 aromatic carbocycles. The molecule has 0 radical (unpaired) electrons. The van der Waals surface area contributed by atoms with Crippen molar-refractivity contribution in [2.24, 2.45) is 0 Å². The molecule has 0 aliphatic heterocycles. The molecule has 0 bridgehead atoms. The van der Waals surface area contributed by atoms with E-state index in [9.17, 15) is 0 Å². The summed E-state index contributed by atoms with van der Waals surface area (Å²) in [7, 11) is 0. The minimum Gasteiger partial charge on any atom is -0.233 e. The van der Waals surface area contributed by atoms with Crippen LogP contribution in [0.25, 0.3) is 22.6 Å². The van der Waals surface area contributed by atoms with Crippen LogP contribution in [0.4, 0.5) is 0 Å². The molecular formula is C21H20Cl2N2. The third-order valence-electron chi connectivity index (χ3n) is 4.23. The third kappa shape index (κ3) is 4.20. The van der Waals surface area contributed by atoms with Gasteiger partial charge < -0.3 is 0 Å². The lowest BCUT2D eigenvalue weighted by Gasteiger charge is -2.13. The van der Waals surface area contributed by atoms with Gasteiger partial charge in [0.1, 0.15) is 0 Å². The molecule has 3 rings (SSSR count). The van der Waals surface area contributed by atoms with Gasteiger partial charge in [0.2, 0.25) is 0 Å². The minimum absolute atomic E-state index is 0.708. The van der Waals surface area contributed by atoms with E-state index in [1.165, 1.54) is 0 Å². The van der Waals surface area contributed by atoms with Crippen molar-refractivity contribution in [3.63, 3.8) is 0 Å². The summed E-state index contributed by atoms with van der Waals surface area (Å²) < 4.78 is 0.